The monoisotopic (exact) mass is 300 g/mol. The van der Waals surface area contributed by atoms with E-state index in [1.807, 2.05) is 11.8 Å². The van der Waals surface area contributed by atoms with E-state index in [0.717, 1.165) is 31.3 Å². The van der Waals surface area contributed by atoms with Crippen molar-refractivity contribution in [1.82, 2.24) is 0 Å². The van der Waals surface area contributed by atoms with Gasteiger partial charge in [0.1, 0.15) is 0 Å². The normalized spacial score (nSPS) is 21.6. The van der Waals surface area contributed by atoms with E-state index in [4.69, 9.17) is 9.47 Å². The van der Waals surface area contributed by atoms with Crippen LogP contribution in [-0.4, -0.2) is 42.6 Å². The average Bonchev–Trinajstić information content (AvgIpc) is 2.34. The maximum absolute atomic E-state index is 13.0. The molecule has 1 rings (SSSR count). The van der Waals surface area contributed by atoms with E-state index >= 15 is 0 Å². The Balaban J connectivity index is 2.32. The fourth-order valence-corrected chi connectivity index (χ4v) is 2.95. The van der Waals surface area contributed by atoms with Crippen molar-refractivity contribution in [2.75, 3.05) is 24.7 Å². The summed E-state index contributed by atoms with van der Waals surface area (Å²) >= 11 is 1.89. The molecule has 0 N–H and O–H groups in total. The van der Waals surface area contributed by atoms with Crippen LogP contribution in [0, 0.1) is 5.92 Å². The minimum Gasteiger partial charge on any atom is -0.376 e. The van der Waals surface area contributed by atoms with Crippen molar-refractivity contribution in [1.29, 1.82) is 0 Å². The smallest absolute Gasteiger partial charge is 0.376 e. The van der Waals surface area contributed by atoms with Gasteiger partial charge in [-0.2, -0.15) is 24.9 Å². The highest BCUT2D eigenvalue weighted by Crippen LogP contribution is 2.39. The molecule has 1 aliphatic heterocycles. The van der Waals surface area contributed by atoms with Crippen LogP contribution in [0.3, 0.4) is 0 Å². The zero-order valence-electron chi connectivity index (χ0n) is 11.8. The molecule has 0 radical (unpaired) electrons. The molecule has 1 atom stereocenters. The number of rotatable bonds is 6. The molecular formula is C13H23F3O2S. The van der Waals surface area contributed by atoms with E-state index in [1.54, 1.807) is 0 Å². The summed E-state index contributed by atoms with van der Waals surface area (Å²) in [6.45, 7) is 4.36. The lowest BCUT2D eigenvalue weighted by Gasteiger charge is -2.35. The molecule has 0 amide bonds. The quantitative estimate of drug-likeness (QED) is 0.693. The maximum atomic E-state index is 13.0. The molecule has 0 aromatic heterocycles. The number of halogens is 3. The molecule has 6 heteroatoms. The molecule has 19 heavy (non-hydrogen) atoms. The van der Waals surface area contributed by atoms with Crippen molar-refractivity contribution < 1.29 is 22.6 Å². The van der Waals surface area contributed by atoms with Crippen LogP contribution in [0.1, 0.15) is 33.6 Å². The Hall–Kier alpha value is 0.0600. The Kier molecular flexibility index (Phi) is 6.47. The first kappa shape index (κ1) is 17.1. The van der Waals surface area contributed by atoms with Crippen LogP contribution in [0.5, 0.6) is 0 Å². The lowest BCUT2D eigenvalue weighted by atomic mass is 9.91. The highest BCUT2D eigenvalue weighted by Gasteiger charge is 2.54. The minimum atomic E-state index is -4.36. The molecule has 0 aromatic carbocycles. The molecule has 0 unspecified atom stereocenters. The Morgan fingerprint density at radius 2 is 1.74 bits per heavy atom. The van der Waals surface area contributed by atoms with Crippen LogP contribution < -0.4 is 0 Å². The largest absolute Gasteiger partial charge is 0.417 e. The predicted molar refractivity (Wildman–Crippen MR) is 71.5 cm³/mol. The topological polar surface area (TPSA) is 18.5 Å². The third kappa shape index (κ3) is 4.83. The Bertz CT molecular complexity index is 265. The lowest BCUT2D eigenvalue weighted by Crippen LogP contribution is -2.49. The highest BCUT2D eigenvalue weighted by atomic mass is 32.2. The molecule has 0 aliphatic carbocycles. The first-order valence-electron chi connectivity index (χ1n) is 6.67. The molecular weight excluding hydrogens is 277 g/mol. The minimum absolute atomic E-state index is 0.0160. The molecule has 1 heterocycles. The Morgan fingerprint density at radius 1 is 1.16 bits per heavy atom. The van der Waals surface area contributed by atoms with Gasteiger partial charge in [0, 0.05) is 0 Å². The van der Waals surface area contributed by atoms with Gasteiger partial charge in [-0.05, 0) is 37.2 Å². The fourth-order valence-electron chi connectivity index (χ4n) is 1.89. The van der Waals surface area contributed by atoms with E-state index in [9.17, 15) is 13.2 Å². The summed E-state index contributed by atoms with van der Waals surface area (Å²) in [5.74, 6) is 1.51. The van der Waals surface area contributed by atoms with E-state index in [1.165, 1.54) is 13.8 Å². The summed E-state index contributed by atoms with van der Waals surface area (Å²) in [6.07, 6.45) is -2.22. The molecule has 114 valence electrons. The first-order valence-corrected chi connectivity index (χ1v) is 7.83. The Labute approximate surface area is 117 Å². The first-order chi connectivity index (χ1) is 8.77. The Morgan fingerprint density at radius 3 is 2.21 bits per heavy atom. The third-order valence-electron chi connectivity index (χ3n) is 3.67. The van der Waals surface area contributed by atoms with Crippen molar-refractivity contribution in [2.45, 2.75) is 51.5 Å². The second kappa shape index (κ2) is 7.18. The number of hydrogen-bond donors (Lipinski definition) is 0. The number of thioether (sulfide) groups is 1. The second-order valence-electron chi connectivity index (χ2n) is 5.29. The van der Waals surface area contributed by atoms with Gasteiger partial charge in [0.15, 0.2) is 5.60 Å². The van der Waals surface area contributed by atoms with Crippen LogP contribution in [0.15, 0.2) is 0 Å². The number of ether oxygens (including phenoxy) is 2. The average molecular weight is 300 g/mol. The molecule has 1 aliphatic rings. The summed E-state index contributed by atoms with van der Waals surface area (Å²) in [5, 5.41) is 0. The summed E-state index contributed by atoms with van der Waals surface area (Å²) in [6, 6.07) is 0. The predicted octanol–water partition coefficient (Wildman–Crippen LogP) is 3.89. The van der Waals surface area contributed by atoms with E-state index < -0.39 is 17.7 Å². The van der Waals surface area contributed by atoms with Crippen LogP contribution >= 0.6 is 11.8 Å². The van der Waals surface area contributed by atoms with E-state index in [-0.39, 0.29) is 19.3 Å². The van der Waals surface area contributed by atoms with Gasteiger partial charge in [0.2, 0.25) is 0 Å². The molecule has 1 saturated heterocycles. The number of alkyl halides is 3. The van der Waals surface area contributed by atoms with E-state index in [2.05, 4.69) is 0 Å². The van der Waals surface area contributed by atoms with Crippen LogP contribution in [0.4, 0.5) is 13.2 Å². The van der Waals surface area contributed by atoms with Crippen molar-refractivity contribution >= 4 is 11.8 Å². The van der Waals surface area contributed by atoms with E-state index in [0.29, 0.717) is 0 Å². The van der Waals surface area contributed by atoms with Crippen LogP contribution in [0.2, 0.25) is 0 Å². The van der Waals surface area contributed by atoms with Gasteiger partial charge in [-0.15, -0.1) is 0 Å². The van der Waals surface area contributed by atoms with Crippen LogP contribution in [-0.2, 0) is 9.47 Å². The summed E-state index contributed by atoms with van der Waals surface area (Å²) in [5.41, 5.74) is -2.10. The van der Waals surface area contributed by atoms with Crippen molar-refractivity contribution in [3.05, 3.63) is 0 Å². The van der Waals surface area contributed by atoms with Crippen molar-refractivity contribution in [3.8, 4) is 0 Å². The van der Waals surface area contributed by atoms with Gasteiger partial charge in [-0.3, -0.25) is 0 Å². The highest BCUT2D eigenvalue weighted by molar-refractivity contribution is 7.99. The summed E-state index contributed by atoms with van der Waals surface area (Å²) in [7, 11) is 0. The SMILES string of the molecule is CC(C)[C@](C)(OCCOC1CCSCC1)C(F)(F)F. The number of hydrogen-bond acceptors (Lipinski definition) is 3. The zero-order chi connectivity index (χ0) is 14.5. The van der Waals surface area contributed by atoms with Gasteiger partial charge in [-0.1, -0.05) is 13.8 Å². The summed E-state index contributed by atoms with van der Waals surface area (Å²) < 4.78 is 49.6. The zero-order valence-corrected chi connectivity index (χ0v) is 12.6. The van der Waals surface area contributed by atoms with Crippen molar-refractivity contribution in [3.63, 3.8) is 0 Å². The molecule has 0 bridgehead atoms. The lowest BCUT2D eigenvalue weighted by molar-refractivity contribution is -0.288. The van der Waals surface area contributed by atoms with Gasteiger partial charge < -0.3 is 9.47 Å². The molecule has 0 saturated carbocycles. The standard InChI is InChI=1S/C13H23F3O2S/c1-10(2)12(3,13(14,15)16)18-7-6-17-11-4-8-19-9-5-11/h10-11H,4-9H2,1-3H3/t12-/m0/s1. The van der Waals surface area contributed by atoms with Gasteiger partial charge in [0.25, 0.3) is 0 Å². The second-order valence-corrected chi connectivity index (χ2v) is 6.52. The molecule has 1 fully saturated rings. The van der Waals surface area contributed by atoms with Gasteiger partial charge >= 0.3 is 6.18 Å². The maximum Gasteiger partial charge on any atom is 0.417 e. The fraction of sp³-hybridized carbons (Fsp3) is 1.00. The molecule has 0 spiro atoms. The van der Waals surface area contributed by atoms with Gasteiger partial charge in [0.05, 0.1) is 19.3 Å². The molecule has 0 aromatic rings. The van der Waals surface area contributed by atoms with Gasteiger partial charge in [-0.25, -0.2) is 0 Å². The molecule has 2 nitrogen and oxygen atoms in total. The van der Waals surface area contributed by atoms with Crippen LogP contribution in [0.25, 0.3) is 0 Å². The summed E-state index contributed by atoms with van der Waals surface area (Å²) in [4.78, 5) is 0. The third-order valence-corrected chi connectivity index (χ3v) is 4.72. The van der Waals surface area contributed by atoms with Crippen molar-refractivity contribution in [2.24, 2.45) is 5.92 Å².